The molecule has 0 N–H and O–H groups in total. The van der Waals surface area contributed by atoms with Gasteiger partial charge >= 0.3 is 0 Å². The molecule has 0 amide bonds. The van der Waals surface area contributed by atoms with Crippen LogP contribution in [0.15, 0.2) is 0 Å². The fourth-order valence-corrected chi connectivity index (χ4v) is 8.26. The van der Waals surface area contributed by atoms with Crippen LogP contribution in [-0.4, -0.2) is 13.2 Å². The molecule has 0 aliphatic carbocycles. The van der Waals surface area contributed by atoms with E-state index in [2.05, 4.69) is 13.8 Å². The van der Waals surface area contributed by atoms with Gasteiger partial charge in [0.15, 0.2) is 0 Å². The summed E-state index contributed by atoms with van der Waals surface area (Å²) in [4.78, 5) is 0. The van der Waals surface area contributed by atoms with Crippen molar-refractivity contribution in [2.75, 3.05) is 13.2 Å². The van der Waals surface area contributed by atoms with Crippen LogP contribution in [-0.2, 0) is 4.74 Å². The second-order valence-electron chi connectivity index (χ2n) is 17.5. The van der Waals surface area contributed by atoms with Crippen molar-refractivity contribution in [3.05, 3.63) is 0 Å². The summed E-state index contributed by atoms with van der Waals surface area (Å²) >= 11 is 0. The Morgan fingerprint density at radius 2 is 0.269 bits per heavy atom. The maximum atomic E-state index is 5.93. The topological polar surface area (TPSA) is 9.23 Å². The lowest BCUT2D eigenvalue weighted by Gasteiger charge is -2.06. The molecule has 1 heteroatoms. The van der Waals surface area contributed by atoms with Crippen LogP contribution in [0.25, 0.3) is 0 Å². The molecule has 0 rings (SSSR count). The van der Waals surface area contributed by atoms with Crippen molar-refractivity contribution in [1.82, 2.24) is 0 Å². The second kappa shape index (κ2) is 51.0. The van der Waals surface area contributed by atoms with Gasteiger partial charge in [0.25, 0.3) is 0 Å². The fourth-order valence-electron chi connectivity index (χ4n) is 8.26. The molecule has 0 unspecified atom stereocenters. The molecule has 0 aromatic heterocycles. The first kappa shape index (κ1) is 52.0. The van der Waals surface area contributed by atoms with Gasteiger partial charge in [-0.25, -0.2) is 0 Å². The molecule has 0 fully saturated rings. The number of unbranched alkanes of at least 4 members (excludes halogenated alkanes) is 45. The number of hydrogen-bond donors (Lipinski definition) is 0. The van der Waals surface area contributed by atoms with Crippen LogP contribution in [0.5, 0.6) is 0 Å². The molecule has 0 aromatic carbocycles. The van der Waals surface area contributed by atoms with E-state index in [-0.39, 0.29) is 0 Å². The van der Waals surface area contributed by atoms with Crippen LogP contribution >= 0.6 is 0 Å². The molecule has 1 nitrogen and oxygen atoms in total. The third-order valence-corrected chi connectivity index (χ3v) is 12.0. The standard InChI is InChI=1S/C51H104O/c1-3-5-7-9-11-13-15-17-19-21-23-25-26-27-28-29-31-33-35-37-39-41-43-45-47-49-51-52-50-48-46-44-42-40-38-36-34-32-30-24-22-20-18-16-14-12-10-8-6-4-2/h3-51H2,1-2H3. The molecule has 0 radical (unpaired) electrons. The van der Waals surface area contributed by atoms with Crippen molar-refractivity contribution in [3.63, 3.8) is 0 Å². The molecule has 0 bridgehead atoms. The Morgan fingerprint density at radius 1 is 0.154 bits per heavy atom. The highest BCUT2D eigenvalue weighted by atomic mass is 16.5. The zero-order chi connectivity index (χ0) is 37.4. The first-order valence-electron chi connectivity index (χ1n) is 25.5. The van der Waals surface area contributed by atoms with E-state index >= 15 is 0 Å². The van der Waals surface area contributed by atoms with Crippen molar-refractivity contribution in [2.45, 2.75) is 316 Å². The van der Waals surface area contributed by atoms with Gasteiger partial charge in [0.2, 0.25) is 0 Å². The molecule has 0 aliphatic rings. The first-order valence-corrected chi connectivity index (χ1v) is 25.5. The molecule has 0 heterocycles. The summed E-state index contributed by atoms with van der Waals surface area (Å²) in [6, 6.07) is 0. The third kappa shape index (κ3) is 50.0. The smallest absolute Gasteiger partial charge is 0.0466 e. The Bertz CT molecular complexity index is 522. The highest BCUT2D eigenvalue weighted by molar-refractivity contribution is 4.54. The molecule has 0 atom stereocenters. The Morgan fingerprint density at radius 3 is 0.404 bits per heavy atom. The maximum Gasteiger partial charge on any atom is 0.0466 e. The van der Waals surface area contributed by atoms with Crippen molar-refractivity contribution in [1.29, 1.82) is 0 Å². The van der Waals surface area contributed by atoms with Gasteiger partial charge in [-0.05, 0) is 12.8 Å². The van der Waals surface area contributed by atoms with Crippen LogP contribution in [0.4, 0.5) is 0 Å². The van der Waals surface area contributed by atoms with E-state index in [4.69, 9.17) is 4.74 Å². The van der Waals surface area contributed by atoms with Gasteiger partial charge in [-0.15, -0.1) is 0 Å². The minimum atomic E-state index is 0.998. The van der Waals surface area contributed by atoms with E-state index in [9.17, 15) is 0 Å². The highest BCUT2D eigenvalue weighted by Crippen LogP contribution is 2.17. The summed E-state index contributed by atoms with van der Waals surface area (Å²) in [6.07, 6.45) is 68.5. The summed E-state index contributed by atoms with van der Waals surface area (Å²) in [6.45, 7) is 6.62. The van der Waals surface area contributed by atoms with E-state index in [1.54, 1.807) is 0 Å². The molecule has 0 aliphatic heterocycles. The molecule has 0 aromatic rings. The number of rotatable bonds is 49. The highest BCUT2D eigenvalue weighted by Gasteiger charge is 1.99. The van der Waals surface area contributed by atoms with E-state index in [0.717, 1.165) is 13.2 Å². The molecule has 0 saturated carbocycles. The van der Waals surface area contributed by atoms with Crippen LogP contribution < -0.4 is 0 Å². The molecule has 0 spiro atoms. The lowest BCUT2D eigenvalue weighted by Crippen LogP contribution is -1.97. The van der Waals surface area contributed by atoms with Crippen LogP contribution in [0, 0.1) is 0 Å². The molecule has 314 valence electrons. The van der Waals surface area contributed by atoms with E-state index in [1.165, 1.54) is 302 Å². The van der Waals surface area contributed by atoms with Gasteiger partial charge in [-0.3, -0.25) is 0 Å². The summed E-state index contributed by atoms with van der Waals surface area (Å²) in [5, 5.41) is 0. The summed E-state index contributed by atoms with van der Waals surface area (Å²) in [7, 11) is 0. The van der Waals surface area contributed by atoms with Crippen LogP contribution in [0.3, 0.4) is 0 Å². The van der Waals surface area contributed by atoms with Gasteiger partial charge in [0.05, 0.1) is 0 Å². The lowest BCUT2D eigenvalue weighted by molar-refractivity contribution is 0.125. The molecular formula is C51H104O. The molecule has 0 saturated heterocycles. The zero-order valence-corrected chi connectivity index (χ0v) is 37.1. The van der Waals surface area contributed by atoms with Gasteiger partial charge in [0, 0.05) is 13.2 Å². The normalized spacial score (nSPS) is 11.7. The Hall–Kier alpha value is -0.0400. The predicted molar refractivity (Wildman–Crippen MR) is 239 cm³/mol. The number of ether oxygens (including phenoxy) is 1. The van der Waals surface area contributed by atoms with E-state index < -0.39 is 0 Å². The lowest BCUT2D eigenvalue weighted by atomic mass is 10.0. The Kier molecular flexibility index (Phi) is 50.9. The summed E-state index contributed by atoms with van der Waals surface area (Å²) < 4.78 is 5.93. The van der Waals surface area contributed by atoms with Crippen LogP contribution in [0.2, 0.25) is 0 Å². The van der Waals surface area contributed by atoms with Gasteiger partial charge in [0.1, 0.15) is 0 Å². The second-order valence-corrected chi connectivity index (χ2v) is 17.5. The Labute approximate surface area is 332 Å². The summed E-state index contributed by atoms with van der Waals surface area (Å²) in [5.74, 6) is 0. The van der Waals surface area contributed by atoms with Gasteiger partial charge in [-0.2, -0.15) is 0 Å². The van der Waals surface area contributed by atoms with E-state index in [1.807, 2.05) is 0 Å². The van der Waals surface area contributed by atoms with Gasteiger partial charge < -0.3 is 4.74 Å². The SMILES string of the molecule is CCCCCCCCCCCCCCCCCCCCCCCCCCCCOCCCCCCCCCCCCCCCCCCCCCCC. The van der Waals surface area contributed by atoms with Crippen molar-refractivity contribution >= 4 is 0 Å². The summed E-state index contributed by atoms with van der Waals surface area (Å²) in [5.41, 5.74) is 0. The monoisotopic (exact) mass is 733 g/mol. The minimum absolute atomic E-state index is 0.998. The number of hydrogen-bond acceptors (Lipinski definition) is 1. The van der Waals surface area contributed by atoms with Crippen molar-refractivity contribution in [2.24, 2.45) is 0 Å². The molecular weight excluding hydrogens is 629 g/mol. The minimum Gasteiger partial charge on any atom is -0.381 e. The van der Waals surface area contributed by atoms with E-state index in [0.29, 0.717) is 0 Å². The van der Waals surface area contributed by atoms with Gasteiger partial charge in [-0.1, -0.05) is 303 Å². The quantitative estimate of drug-likeness (QED) is 0.0566. The Balaban J connectivity index is 3.04. The largest absolute Gasteiger partial charge is 0.381 e. The van der Waals surface area contributed by atoms with Crippen LogP contribution in [0.1, 0.15) is 316 Å². The fraction of sp³-hybridized carbons (Fsp3) is 1.00. The average Bonchev–Trinajstić information content (AvgIpc) is 3.16. The third-order valence-electron chi connectivity index (χ3n) is 12.0. The van der Waals surface area contributed by atoms with Crippen molar-refractivity contribution in [3.8, 4) is 0 Å². The predicted octanol–water partition coefficient (Wildman–Crippen LogP) is 19.4. The maximum absolute atomic E-state index is 5.93. The van der Waals surface area contributed by atoms with Crippen molar-refractivity contribution < 1.29 is 4.74 Å². The average molecular weight is 733 g/mol. The zero-order valence-electron chi connectivity index (χ0n) is 37.1. The molecule has 52 heavy (non-hydrogen) atoms. The first-order chi connectivity index (χ1) is 25.9.